The molecule has 0 bridgehead atoms. The largest absolute Gasteiger partial charge is 0.313 e. The maximum atomic E-state index is 10.8. The van der Waals surface area contributed by atoms with Crippen LogP contribution < -0.4 is 5.32 Å². The first-order chi connectivity index (χ1) is 7.73. The number of allylic oxidation sites excluding steroid dienone is 3. The molecule has 0 radical (unpaired) electrons. The van der Waals surface area contributed by atoms with Crippen LogP contribution in [0.4, 0.5) is 0 Å². The lowest BCUT2D eigenvalue weighted by atomic mass is 10.1. The first-order valence-corrected chi connectivity index (χ1v) is 5.33. The molecule has 1 amide bonds. The van der Waals surface area contributed by atoms with E-state index in [1.807, 2.05) is 19.9 Å². The third kappa shape index (κ3) is 6.35. The summed E-state index contributed by atoms with van der Waals surface area (Å²) in [6.45, 7) is 14.8. The molecule has 0 aliphatic heterocycles. The quantitative estimate of drug-likeness (QED) is 0.352. The van der Waals surface area contributed by atoms with Crippen LogP contribution in [0.1, 0.15) is 27.7 Å². The molecule has 0 atom stereocenters. The Balaban J connectivity index is 4.72. The molecule has 1 N–H and O–H groups in total. The maximum Gasteiger partial charge on any atom is 0.222 e. The Bertz CT molecular complexity index is 391. The van der Waals surface area contributed by atoms with Gasteiger partial charge < -0.3 is 5.32 Å². The smallest absolute Gasteiger partial charge is 0.222 e. The lowest BCUT2D eigenvalue weighted by molar-refractivity contribution is -0.117. The van der Waals surface area contributed by atoms with E-state index in [1.165, 1.54) is 6.92 Å². The molecule has 0 spiro atoms. The molecule has 17 heavy (non-hydrogen) atoms. The van der Waals surface area contributed by atoms with Crippen molar-refractivity contribution in [2.24, 2.45) is 5.10 Å². The highest BCUT2D eigenvalue weighted by Gasteiger charge is 2.04. The number of hydrogen-bond donors (Lipinski definition) is 1. The molecule has 0 aromatic carbocycles. The zero-order valence-electron chi connectivity index (χ0n) is 11.3. The van der Waals surface area contributed by atoms with Gasteiger partial charge in [0.15, 0.2) is 0 Å². The molecule has 0 unspecified atom stereocenters. The number of likely N-dealkylation sites (N-methyl/N-ethyl adjacent to an activating group) is 1. The Labute approximate surface area is 103 Å². The van der Waals surface area contributed by atoms with Gasteiger partial charge >= 0.3 is 0 Å². The van der Waals surface area contributed by atoms with Crippen molar-refractivity contribution in [3.05, 3.63) is 36.1 Å². The molecule has 0 fully saturated rings. The normalized spacial score (nSPS) is 12.1. The third-order valence-electron chi connectivity index (χ3n) is 1.97. The van der Waals surface area contributed by atoms with Gasteiger partial charge in [-0.15, -0.1) is 0 Å². The molecule has 0 aliphatic rings. The van der Waals surface area contributed by atoms with Gasteiger partial charge in [-0.1, -0.05) is 24.8 Å². The van der Waals surface area contributed by atoms with E-state index in [0.717, 1.165) is 16.8 Å². The number of hydrogen-bond acceptors (Lipinski definition) is 3. The zero-order valence-corrected chi connectivity index (χ0v) is 11.3. The summed E-state index contributed by atoms with van der Waals surface area (Å²) in [5.41, 5.74) is 2.71. The first-order valence-electron chi connectivity index (χ1n) is 5.33. The second kappa shape index (κ2) is 6.68. The fraction of sp³-hybridized carbons (Fsp3) is 0.385. The predicted octanol–water partition coefficient (Wildman–Crippen LogP) is 2.42. The summed E-state index contributed by atoms with van der Waals surface area (Å²) >= 11 is 0. The van der Waals surface area contributed by atoms with Gasteiger partial charge in [-0.3, -0.25) is 9.80 Å². The Morgan fingerprint density at radius 3 is 2.18 bits per heavy atom. The molecule has 94 valence electrons. The minimum atomic E-state index is -0.139. The van der Waals surface area contributed by atoms with Crippen LogP contribution in [0.25, 0.3) is 0 Å². The van der Waals surface area contributed by atoms with Gasteiger partial charge in [-0.25, -0.2) is 0 Å². The van der Waals surface area contributed by atoms with Gasteiger partial charge in [0, 0.05) is 14.0 Å². The molecule has 4 nitrogen and oxygen atoms in total. The van der Waals surface area contributed by atoms with E-state index < -0.39 is 0 Å². The summed E-state index contributed by atoms with van der Waals surface area (Å²) < 4.78 is 0. The minimum absolute atomic E-state index is 0.139. The number of amides is 1. The second-order valence-electron chi connectivity index (χ2n) is 4.01. The van der Waals surface area contributed by atoms with E-state index >= 15 is 0 Å². The molecule has 0 saturated heterocycles. The number of amidine groups is 1. The van der Waals surface area contributed by atoms with Crippen LogP contribution in [0, 0.1) is 0 Å². The van der Waals surface area contributed by atoms with Crippen molar-refractivity contribution in [1.82, 2.24) is 10.3 Å². The fourth-order valence-corrected chi connectivity index (χ4v) is 1.27. The Morgan fingerprint density at radius 1 is 1.24 bits per heavy atom. The number of nitrogens with zero attached hydrogens (tertiary/aromatic N) is 2. The lowest BCUT2D eigenvalue weighted by Crippen LogP contribution is -2.28. The third-order valence-corrected chi connectivity index (χ3v) is 1.97. The molecular formula is C13H21N3O. The van der Waals surface area contributed by atoms with E-state index in [0.29, 0.717) is 5.84 Å². The molecule has 0 saturated carbocycles. The van der Waals surface area contributed by atoms with Gasteiger partial charge in [-0.05, 0) is 26.3 Å². The van der Waals surface area contributed by atoms with Gasteiger partial charge in [-0.2, -0.15) is 5.10 Å². The molecule has 4 heteroatoms. The van der Waals surface area contributed by atoms with Gasteiger partial charge in [0.1, 0.15) is 5.84 Å². The van der Waals surface area contributed by atoms with E-state index in [-0.39, 0.29) is 5.91 Å². The Kier molecular flexibility index (Phi) is 5.96. The number of rotatable bonds is 4. The Morgan fingerprint density at radius 2 is 1.76 bits per heavy atom. The molecule has 0 heterocycles. The molecule has 0 rings (SSSR count). The molecular weight excluding hydrogens is 214 g/mol. The number of carbonyl (C=O) groups is 1. The van der Waals surface area contributed by atoms with Crippen molar-refractivity contribution >= 4 is 11.7 Å². The van der Waals surface area contributed by atoms with Crippen molar-refractivity contribution in [3.8, 4) is 0 Å². The van der Waals surface area contributed by atoms with Crippen LogP contribution in [0.3, 0.4) is 0 Å². The summed E-state index contributed by atoms with van der Waals surface area (Å²) in [6.07, 6.45) is 1.93. The summed E-state index contributed by atoms with van der Waals surface area (Å²) in [5.74, 6) is 0.392. The van der Waals surface area contributed by atoms with Gasteiger partial charge in [0.05, 0.1) is 5.70 Å². The van der Waals surface area contributed by atoms with E-state index in [1.54, 1.807) is 19.0 Å². The van der Waals surface area contributed by atoms with Crippen molar-refractivity contribution < 1.29 is 4.79 Å². The number of nitrogens with one attached hydrogen (secondary N) is 1. The van der Waals surface area contributed by atoms with Crippen LogP contribution >= 0.6 is 0 Å². The highest BCUT2D eigenvalue weighted by Crippen LogP contribution is 2.13. The number of hydrazone groups is 1. The highest BCUT2D eigenvalue weighted by molar-refractivity contribution is 5.95. The van der Waals surface area contributed by atoms with Crippen molar-refractivity contribution in [3.63, 3.8) is 0 Å². The average molecular weight is 235 g/mol. The summed E-state index contributed by atoms with van der Waals surface area (Å²) in [4.78, 5) is 10.8. The Hall–Kier alpha value is -1.84. The standard InChI is InChI=1S/C13H21N3O/c1-9(2)8-10(3)11(4)16(7)15-12(5)14-13(6)17/h8H,1,4H2,2-3,5-7H3,(H,14,15,17)/b10-8+. The average Bonchev–Trinajstić information content (AvgIpc) is 2.13. The predicted molar refractivity (Wildman–Crippen MR) is 72.4 cm³/mol. The van der Waals surface area contributed by atoms with Crippen LogP contribution in [-0.4, -0.2) is 23.8 Å². The van der Waals surface area contributed by atoms with Crippen molar-refractivity contribution in [1.29, 1.82) is 0 Å². The summed E-state index contributed by atoms with van der Waals surface area (Å²) in [5, 5.41) is 8.42. The second-order valence-corrected chi connectivity index (χ2v) is 4.01. The molecule has 0 aromatic heterocycles. The maximum absolute atomic E-state index is 10.8. The molecule has 0 aromatic rings. The zero-order chi connectivity index (χ0) is 13.6. The van der Waals surface area contributed by atoms with Crippen LogP contribution in [0.2, 0.25) is 0 Å². The van der Waals surface area contributed by atoms with E-state index in [2.05, 4.69) is 23.6 Å². The van der Waals surface area contributed by atoms with Crippen molar-refractivity contribution in [2.45, 2.75) is 27.7 Å². The fourth-order valence-electron chi connectivity index (χ4n) is 1.27. The van der Waals surface area contributed by atoms with Gasteiger partial charge in [0.2, 0.25) is 5.91 Å². The minimum Gasteiger partial charge on any atom is -0.313 e. The van der Waals surface area contributed by atoms with Crippen LogP contribution in [0.5, 0.6) is 0 Å². The highest BCUT2D eigenvalue weighted by atomic mass is 16.1. The molecule has 0 aliphatic carbocycles. The first kappa shape index (κ1) is 15.2. The van der Waals surface area contributed by atoms with E-state index in [9.17, 15) is 4.79 Å². The topological polar surface area (TPSA) is 44.7 Å². The van der Waals surface area contributed by atoms with Gasteiger partial charge in [0.25, 0.3) is 0 Å². The summed E-state index contributed by atoms with van der Waals surface area (Å²) in [6, 6.07) is 0. The van der Waals surface area contributed by atoms with Crippen molar-refractivity contribution in [2.75, 3.05) is 7.05 Å². The monoisotopic (exact) mass is 235 g/mol. The van der Waals surface area contributed by atoms with Crippen LogP contribution in [0.15, 0.2) is 41.2 Å². The van der Waals surface area contributed by atoms with E-state index in [4.69, 9.17) is 0 Å². The summed E-state index contributed by atoms with van der Waals surface area (Å²) in [7, 11) is 1.78. The lowest BCUT2D eigenvalue weighted by Gasteiger charge is -2.17. The van der Waals surface area contributed by atoms with Crippen LogP contribution in [-0.2, 0) is 4.79 Å². The number of carbonyl (C=O) groups excluding carboxylic acids is 1. The SMILES string of the molecule is C=C(C)/C=C(\C)C(=C)N(C)/N=C(\C)NC(C)=O.